The summed E-state index contributed by atoms with van der Waals surface area (Å²) >= 11 is 0. The minimum Gasteiger partial charge on any atom is -0.378 e. The summed E-state index contributed by atoms with van der Waals surface area (Å²) in [5.41, 5.74) is 8.81. The van der Waals surface area contributed by atoms with Crippen LogP contribution >= 0.6 is 0 Å². The molecule has 0 aromatic heterocycles. The van der Waals surface area contributed by atoms with E-state index in [-0.39, 0.29) is 5.66 Å². The van der Waals surface area contributed by atoms with Crippen molar-refractivity contribution in [2.24, 2.45) is 5.73 Å². The SMILES string of the molecule is CN(C)c1ccc(CC(C)(N)N2CCCC2)cc1. The first-order valence-electron chi connectivity index (χ1n) is 6.79. The van der Waals surface area contributed by atoms with Crippen LogP contribution in [0, 0.1) is 0 Å². The molecular weight excluding hydrogens is 222 g/mol. The second-order valence-corrected chi connectivity index (χ2v) is 5.79. The first kappa shape index (κ1) is 13.4. The van der Waals surface area contributed by atoms with Crippen molar-refractivity contribution < 1.29 is 0 Å². The van der Waals surface area contributed by atoms with Gasteiger partial charge in [0.15, 0.2) is 0 Å². The molecule has 0 spiro atoms. The topological polar surface area (TPSA) is 32.5 Å². The lowest BCUT2D eigenvalue weighted by Gasteiger charge is -2.35. The molecule has 0 bridgehead atoms. The molecule has 18 heavy (non-hydrogen) atoms. The van der Waals surface area contributed by atoms with E-state index in [1.807, 2.05) is 0 Å². The van der Waals surface area contributed by atoms with E-state index in [9.17, 15) is 0 Å². The highest BCUT2D eigenvalue weighted by atomic mass is 15.3. The predicted octanol–water partition coefficient (Wildman–Crippen LogP) is 2.07. The van der Waals surface area contributed by atoms with E-state index >= 15 is 0 Å². The van der Waals surface area contributed by atoms with Gasteiger partial charge < -0.3 is 10.6 Å². The molecule has 1 unspecified atom stereocenters. The Morgan fingerprint density at radius 3 is 2.22 bits per heavy atom. The lowest BCUT2D eigenvalue weighted by Crippen LogP contribution is -2.53. The summed E-state index contributed by atoms with van der Waals surface area (Å²) in [4.78, 5) is 4.53. The minimum atomic E-state index is -0.212. The fourth-order valence-corrected chi connectivity index (χ4v) is 2.66. The van der Waals surface area contributed by atoms with E-state index in [1.165, 1.54) is 24.1 Å². The third-order valence-corrected chi connectivity index (χ3v) is 3.84. The molecule has 1 fully saturated rings. The number of nitrogens with two attached hydrogens (primary N) is 1. The van der Waals surface area contributed by atoms with Gasteiger partial charge in [-0.1, -0.05) is 12.1 Å². The number of benzene rings is 1. The van der Waals surface area contributed by atoms with Crippen molar-refractivity contribution in [1.29, 1.82) is 0 Å². The van der Waals surface area contributed by atoms with Crippen LogP contribution in [-0.2, 0) is 6.42 Å². The lowest BCUT2D eigenvalue weighted by molar-refractivity contribution is 0.142. The van der Waals surface area contributed by atoms with E-state index in [0.717, 1.165) is 19.5 Å². The van der Waals surface area contributed by atoms with Gasteiger partial charge in [-0.2, -0.15) is 0 Å². The number of likely N-dealkylation sites (tertiary alicyclic amines) is 1. The van der Waals surface area contributed by atoms with Crippen molar-refractivity contribution in [1.82, 2.24) is 4.90 Å². The Morgan fingerprint density at radius 2 is 1.72 bits per heavy atom. The maximum Gasteiger partial charge on any atom is 0.0699 e. The van der Waals surface area contributed by atoms with E-state index in [2.05, 4.69) is 55.1 Å². The summed E-state index contributed by atoms with van der Waals surface area (Å²) in [6, 6.07) is 8.71. The number of rotatable bonds is 4. The van der Waals surface area contributed by atoms with Gasteiger partial charge in [0, 0.05) is 26.2 Å². The maximum atomic E-state index is 6.47. The van der Waals surface area contributed by atoms with Gasteiger partial charge in [0.1, 0.15) is 0 Å². The van der Waals surface area contributed by atoms with Crippen LogP contribution in [-0.4, -0.2) is 37.7 Å². The standard InChI is InChI=1S/C15H25N3/c1-15(16,18-10-4-5-11-18)12-13-6-8-14(9-7-13)17(2)3/h6-9H,4-5,10-12,16H2,1-3H3. The molecule has 1 saturated heterocycles. The Hall–Kier alpha value is -1.06. The van der Waals surface area contributed by atoms with Gasteiger partial charge in [0.25, 0.3) is 0 Å². The number of hydrogen-bond acceptors (Lipinski definition) is 3. The maximum absolute atomic E-state index is 6.47. The molecule has 3 heteroatoms. The van der Waals surface area contributed by atoms with Gasteiger partial charge in [-0.05, 0) is 50.6 Å². The third kappa shape index (κ3) is 3.03. The van der Waals surface area contributed by atoms with Crippen molar-refractivity contribution in [2.45, 2.75) is 31.8 Å². The highest BCUT2D eigenvalue weighted by Crippen LogP contribution is 2.22. The fraction of sp³-hybridized carbons (Fsp3) is 0.600. The van der Waals surface area contributed by atoms with Crippen LogP contribution < -0.4 is 10.6 Å². The summed E-state index contributed by atoms with van der Waals surface area (Å²) < 4.78 is 0. The second kappa shape index (κ2) is 5.29. The Bertz CT molecular complexity index is 375. The Labute approximate surface area is 111 Å². The number of nitrogens with zero attached hydrogens (tertiary/aromatic N) is 2. The molecule has 2 rings (SSSR count). The van der Waals surface area contributed by atoms with Gasteiger partial charge in [-0.3, -0.25) is 4.90 Å². The quantitative estimate of drug-likeness (QED) is 0.884. The highest BCUT2D eigenvalue weighted by Gasteiger charge is 2.29. The molecule has 1 atom stereocenters. The Kier molecular flexibility index (Phi) is 3.93. The molecule has 1 aliphatic rings. The van der Waals surface area contributed by atoms with Crippen LogP contribution in [0.2, 0.25) is 0 Å². The average molecular weight is 247 g/mol. The zero-order valence-electron chi connectivity index (χ0n) is 11.8. The first-order chi connectivity index (χ1) is 8.49. The van der Waals surface area contributed by atoms with Crippen LogP contribution in [0.25, 0.3) is 0 Å². The van der Waals surface area contributed by atoms with Crippen molar-refractivity contribution in [2.75, 3.05) is 32.1 Å². The summed E-state index contributed by atoms with van der Waals surface area (Å²) in [6.45, 7) is 4.43. The van der Waals surface area contributed by atoms with Crippen LogP contribution in [0.5, 0.6) is 0 Å². The van der Waals surface area contributed by atoms with Crippen LogP contribution in [0.1, 0.15) is 25.3 Å². The number of hydrogen-bond donors (Lipinski definition) is 1. The molecule has 1 aromatic carbocycles. The van der Waals surface area contributed by atoms with Crippen LogP contribution in [0.15, 0.2) is 24.3 Å². The van der Waals surface area contributed by atoms with Crippen molar-refractivity contribution in [3.05, 3.63) is 29.8 Å². The van der Waals surface area contributed by atoms with Gasteiger partial charge in [-0.25, -0.2) is 0 Å². The third-order valence-electron chi connectivity index (χ3n) is 3.84. The Morgan fingerprint density at radius 1 is 1.17 bits per heavy atom. The predicted molar refractivity (Wildman–Crippen MR) is 77.9 cm³/mol. The van der Waals surface area contributed by atoms with E-state index in [1.54, 1.807) is 0 Å². The first-order valence-corrected chi connectivity index (χ1v) is 6.79. The van der Waals surface area contributed by atoms with Crippen molar-refractivity contribution in [3.8, 4) is 0 Å². The van der Waals surface area contributed by atoms with Gasteiger partial charge in [-0.15, -0.1) is 0 Å². The zero-order chi connectivity index (χ0) is 13.2. The zero-order valence-corrected chi connectivity index (χ0v) is 11.8. The molecule has 1 aromatic rings. The molecule has 1 heterocycles. The number of anilines is 1. The largest absolute Gasteiger partial charge is 0.378 e. The van der Waals surface area contributed by atoms with Crippen LogP contribution in [0.4, 0.5) is 5.69 Å². The molecule has 3 nitrogen and oxygen atoms in total. The molecule has 1 aliphatic heterocycles. The summed E-state index contributed by atoms with van der Waals surface area (Å²) in [5, 5.41) is 0. The monoisotopic (exact) mass is 247 g/mol. The normalized spacial score (nSPS) is 19.8. The molecule has 0 saturated carbocycles. The fourth-order valence-electron chi connectivity index (χ4n) is 2.66. The van der Waals surface area contributed by atoms with Crippen molar-refractivity contribution in [3.63, 3.8) is 0 Å². The van der Waals surface area contributed by atoms with Crippen LogP contribution in [0.3, 0.4) is 0 Å². The van der Waals surface area contributed by atoms with Gasteiger partial charge in [0.05, 0.1) is 5.66 Å². The van der Waals surface area contributed by atoms with Gasteiger partial charge in [0.2, 0.25) is 0 Å². The smallest absolute Gasteiger partial charge is 0.0699 e. The van der Waals surface area contributed by atoms with Gasteiger partial charge >= 0.3 is 0 Å². The van der Waals surface area contributed by atoms with E-state index < -0.39 is 0 Å². The van der Waals surface area contributed by atoms with E-state index in [4.69, 9.17) is 5.73 Å². The summed E-state index contributed by atoms with van der Waals surface area (Å²) in [5.74, 6) is 0. The molecule has 0 amide bonds. The van der Waals surface area contributed by atoms with Crippen molar-refractivity contribution >= 4 is 5.69 Å². The van der Waals surface area contributed by atoms with E-state index in [0.29, 0.717) is 0 Å². The average Bonchev–Trinajstić information content (AvgIpc) is 2.83. The Balaban J connectivity index is 2.03. The lowest BCUT2D eigenvalue weighted by atomic mass is 10.0. The molecule has 0 aliphatic carbocycles. The minimum absolute atomic E-state index is 0.212. The summed E-state index contributed by atoms with van der Waals surface area (Å²) in [7, 11) is 4.12. The highest BCUT2D eigenvalue weighted by molar-refractivity contribution is 5.46. The molecule has 2 N–H and O–H groups in total. The second-order valence-electron chi connectivity index (χ2n) is 5.79. The molecule has 0 radical (unpaired) electrons. The molecular formula is C15H25N3. The molecule has 100 valence electrons. The summed E-state index contributed by atoms with van der Waals surface area (Å²) in [6.07, 6.45) is 3.49.